The van der Waals surface area contributed by atoms with Gasteiger partial charge in [0, 0.05) is 18.8 Å². The Labute approximate surface area is 117 Å². The van der Waals surface area contributed by atoms with E-state index in [-0.39, 0.29) is 5.54 Å². The minimum absolute atomic E-state index is 0.108. The maximum atomic E-state index is 6.28. The molecule has 0 unspecified atom stereocenters. The van der Waals surface area contributed by atoms with Gasteiger partial charge in [-0.2, -0.15) is 0 Å². The van der Waals surface area contributed by atoms with Gasteiger partial charge in [0.15, 0.2) is 5.82 Å². The molecule has 1 saturated carbocycles. The van der Waals surface area contributed by atoms with Crippen LogP contribution in [0.15, 0.2) is 42.6 Å². The van der Waals surface area contributed by atoms with Crippen molar-refractivity contribution in [2.75, 3.05) is 0 Å². The van der Waals surface area contributed by atoms with Crippen LogP contribution < -0.4 is 5.73 Å². The van der Waals surface area contributed by atoms with Gasteiger partial charge < -0.3 is 10.3 Å². The highest BCUT2D eigenvalue weighted by Gasteiger charge is 2.40. The van der Waals surface area contributed by atoms with E-state index in [4.69, 9.17) is 5.73 Å². The van der Waals surface area contributed by atoms with E-state index in [1.54, 1.807) is 6.20 Å². The normalized spacial score (nSPS) is 16.5. The summed E-state index contributed by atoms with van der Waals surface area (Å²) in [4.78, 5) is 9.07. The Morgan fingerprint density at radius 1 is 1.20 bits per heavy atom. The second kappa shape index (κ2) is 3.90. The first-order valence-corrected chi connectivity index (χ1v) is 6.85. The Balaban J connectivity index is 1.91. The van der Waals surface area contributed by atoms with Gasteiger partial charge in [0.25, 0.3) is 0 Å². The van der Waals surface area contributed by atoms with Crippen LogP contribution in [0.3, 0.4) is 0 Å². The molecule has 100 valence electrons. The summed E-state index contributed by atoms with van der Waals surface area (Å²) in [5.74, 6) is 0.889. The molecule has 2 heterocycles. The number of benzene rings is 1. The number of aromatic nitrogens is 3. The lowest BCUT2D eigenvalue weighted by atomic mass is 10.1. The maximum absolute atomic E-state index is 6.28. The zero-order valence-corrected chi connectivity index (χ0v) is 11.4. The molecule has 4 rings (SSSR count). The van der Waals surface area contributed by atoms with Crippen LogP contribution in [0.25, 0.3) is 22.6 Å². The molecular weight excluding hydrogens is 248 g/mol. The summed E-state index contributed by atoms with van der Waals surface area (Å²) in [6.07, 6.45) is 3.94. The summed E-state index contributed by atoms with van der Waals surface area (Å²) in [7, 11) is 2.03. The second-order valence-electron chi connectivity index (χ2n) is 5.57. The van der Waals surface area contributed by atoms with Gasteiger partial charge in [0.05, 0.1) is 11.0 Å². The largest absolute Gasteiger partial charge is 0.326 e. The van der Waals surface area contributed by atoms with Crippen LogP contribution in [0.4, 0.5) is 0 Å². The molecule has 0 radical (unpaired) electrons. The SMILES string of the molecule is Cn1c(-c2ccccn2)nc2ccc(C3(N)CC3)cc21. The topological polar surface area (TPSA) is 56.7 Å². The lowest BCUT2D eigenvalue weighted by molar-refractivity contribution is 0.740. The van der Waals surface area contributed by atoms with Crippen molar-refractivity contribution >= 4 is 11.0 Å². The highest BCUT2D eigenvalue weighted by molar-refractivity contribution is 5.81. The molecule has 2 aromatic heterocycles. The second-order valence-corrected chi connectivity index (χ2v) is 5.57. The number of hydrogen-bond acceptors (Lipinski definition) is 3. The molecule has 3 aromatic rings. The maximum Gasteiger partial charge on any atom is 0.159 e. The molecule has 2 N–H and O–H groups in total. The molecule has 0 aliphatic heterocycles. The molecule has 0 atom stereocenters. The molecule has 4 nitrogen and oxygen atoms in total. The predicted octanol–water partition coefficient (Wildman–Crippen LogP) is 2.58. The van der Waals surface area contributed by atoms with Gasteiger partial charge in [-0.05, 0) is 42.7 Å². The van der Waals surface area contributed by atoms with E-state index in [0.29, 0.717) is 0 Å². The van der Waals surface area contributed by atoms with Crippen LogP contribution in [0.2, 0.25) is 0 Å². The third-order valence-electron chi connectivity index (χ3n) is 4.14. The molecule has 1 fully saturated rings. The van der Waals surface area contributed by atoms with Crippen molar-refractivity contribution in [2.24, 2.45) is 12.8 Å². The van der Waals surface area contributed by atoms with E-state index in [9.17, 15) is 0 Å². The molecule has 1 aliphatic rings. The summed E-state index contributed by atoms with van der Waals surface area (Å²) in [5.41, 5.74) is 10.4. The van der Waals surface area contributed by atoms with Gasteiger partial charge in [0.1, 0.15) is 5.69 Å². The van der Waals surface area contributed by atoms with Gasteiger partial charge in [-0.1, -0.05) is 12.1 Å². The minimum Gasteiger partial charge on any atom is -0.326 e. The van der Waals surface area contributed by atoms with E-state index in [1.807, 2.05) is 25.2 Å². The van der Waals surface area contributed by atoms with Crippen LogP contribution in [0, 0.1) is 0 Å². The van der Waals surface area contributed by atoms with Crippen molar-refractivity contribution in [2.45, 2.75) is 18.4 Å². The third kappa shape index (κ3) is 1.65. The fraction of sp³-hybridized carbons (Fsp3) is 0.250. The van der Waals surface area contributed by atoms with E-state index in [1.165, 1.54) is 5.56 Å². The molecule has 1 aromatic carbocycles. The number of imidazole rings is 1. The molecule has 0 amide bonds. The van der Waals surface area contributed by atoms with Crippen molar-refractivity contribution in [1.82, 2.24) is 14.5 Å². The first kappa shape index (κ1) is 11.6. The summed E-state index contributed by atoms with van der Waals surface area (Å²) < 4.78 is 2.09. The van der Waals surface area contributed by atoms with E-state index >= 15 is 0 Å². The van der Waals surface area contributed by atoms with Crippen LogP contribution in [-0.4, -0.2) is 14.5 Å². The lowest BCUT2D eigenvalue weighted by Crippen LogP contribution is -2.18. The summed E-state index contributed by atoms with van der Waals surface area (Å²) in [6.45, 7) is 0. The Morgan fingerprint density at radius 3 is 2.75 bits per heavy atom. The zero-order valence-electron chi connectivity index (χ0n) is 11.4. The highest BCUT2D eigenvalue weighted by atomic mass is 15.1. The van der Waals surface area contributed by atoms with Crippen LogP contribution >= 0.6 is 0 Å². The first-order valence-electron chi connectivity index (χ1n) is 6.85. The Morgan fingerprint density at radius 2 is 2.05 bits per heavy atom. The highest BCUT2D eigenvalue weighted by Crippen LogP contribution is 2.43. The van der Waals surface area contributed by atoms with Gasteiger partial charge in [-0.25, -0.2) is 4.98 Å². The summed E-state index contributed by atoms with van der Waals surface area (Å²) >= 11 is 0. The van der Waals surface area contributed by atoms with Crippen LogP contribution in [0.1, 0.15) is 18.4 Å². The monoisotopic (exact) mass is 264 g/mol. The number of nitrogens with two attached hydrogens (primary N) is 1. The fourth-order valence-electron chi connectivity index (χ4n) is 2.65. The Hall–Kier alpha value is -2.20. The lowest BCUT2D eigenvalue weighted by Gasteiger charge is -2.09. The number of hydrogen-bond donors (Lipinski definition) is 1. The average molecular weight is 264 g/mol. The molecular formula is C16H16N4. The van der Waals surface area contributed by atoms with Crippen molar-refractivity contribution in [3.63, 3.8) is 0 Å². The summed E-state index contributed by atoms with van der Waals surface area (Å²) in [6, 6.07) is 12.2. The number of rotatable bonds is 2. The Kier molecular flexibility index (Phi) is 2.26. The molecule has 0 saturated heterocycles. The van der Waals surface area contributed by atoms with Crippen molar-refractivity contribution in [3.05, 3.63) is 48.2 Å². The third-order valence-corrected chi connectivity index (χ3v) is 4.14. The zero-order chi connectivity index (χ0) is 13.7. The van der Waals surface area contributed by atoms with Gasteiger partial charge in [-0.3, -0.25) is 4.98 Å². The van der Waals surface area contributed by atoms with Crippen LogP contribution in [0.5, 0.6) is 0 Å². The molecule has 20 heavy (non-hydrogen) atoms. The van der Waals surface area contributed by atoms with E-state index < -0.39 is 0 Å². The standard InChI is InChI=1S/C16H16N4/c1-20-14-10-11(16(17)7-8-16)5-6-12(14)19-15(20)13-4-2-3-9-18-13/h2-6,9-10H,7-8,17H2,1H3. The number of fused-ring (bicyclic) bond motifs is 1. The van der Waals surface area contributed by atoms with Crippen molar-refractivity contribution in [3.8, 4) is 11.5 Å². The Bertz CT molecular complexity index is 785. The molecule has 1 aliphatic carbocycles. The van der Waals surface area contributed by atoms with Gasteiger partial charge >= 0.3 is 0 Å². The van der Waals surface area contributed by atoms with Crippen LogP contribution in [-0.2, 0) is 12.6 Å². The minimum atomic E-state index is -0.108. The quantitative estimate of drug-likeness (QED) is 0.774. The number of pyridine rings is 1. The smallest absolute Gasteiger partial charge is 0.159 e. The fourth-order valence-corrected chi connectivity index (χ4v) is 2.65. The van der Waals surface area contributed by atoms with E-state index in [0.717, 1.165) is 35.4 Å². The molecule has 4 heteroatoms. The van der Waals surface area contributed by atoms with Gasteiger partial charge in [-0.15, -0.1) is 0 Å². The summed E-state index contributed by atoms with van der Waals surface area (Å²) in [5, 5.41) is 0. The van der Waals surface area contributed by atoms with Gasteiger partial charge in [0.2, 0.25) is 0 Å². The average Bonchev–Trinajstić information content (AvgIpc) is 3.15. The molecule has 0 bridgehead atoms. The van der Waals surface area contributed by atoms with Crippen molar-refractivity contribution < 1.29 is 0 Å². The predicted molar refractivity (Wildman–Crippen MR) is 79.0 cm³/mol. The van der Waals surface area contributed by atoms with Crippen molar-refractivity contribution in [1.29, 1.82) is 0 Å². The molecule has 0 spiro atoms. The number of nitrogens with zero attached hydrogens (tertiary/aromatic N) is 3. The number of aryl methyl sites for hydroxylation is 1. The van der Waals surface area contributed by atoms with E-state index in [2.05, 4.69) is 32.7 Å². The first-order chi connectivity index (χ1) is 9.67.